The molecule has 0 spiro atoms. The Hall–Kier alpha value is -2.46. The number of aliphatic carboxylic acids is 1. The molecule has 3 unspecified atom stereocenters. The van der Waals surface area contributed by atoms with Crippen LogP contribution in [0.3, 0.4) is 0 Å². The summed E-state index contributed by atoms with van der Waals surface area (Å²) in [4.78, 5) is 40.9. The molecule has 10 nitrogen and oxygen atoms in total. The molecule has 0 bridgehead atoms. The van der Waals surface area contributed by atoms with Crippen LogP contribution in [0.4, 0.5) is 0 Å². The van der Waals surface area contributed by atoms with E-state index in [1.165, 1.54) is 19.4 Å². The number of carboxylic acid groups (broad SMARTS) is 1. The second-order valence-electron chi connectivity index (χ2n) is 4.72. The SMILES string of the molecule is CC(O)C(N)C(=O)NC(Cc1cnc[nH]1)C(=O)NCC(=O)O. The van der Waals surface area contributed by atoms with E-state index in [4.69, 9.17) is 10.8 Å². The number of H-pyrrole nitrogens is 1. The fourth-order valence-electron chi connectivity index (χ4n) is 1.60. The van der Waals surface area contributed by atoms with Crippen molar-refractivity contribution in [3.63, 3.8) is 0 Å². The topological polar surface area (TPSA) is 170 Å². The normalized spacial score (nSPS) is 14.7. The highest BCUT2D eigenvalue weighted by atomic mass is 16.4. The predicted octanol–water partition coefficient (Wildman–Crippen LogP) is -2.65. The summed E-state index contributed by atoms with van der Waals surface area (Å²) in [7, 11) is 0. The Morgan fingerprint density at radius 2 is 2.09 bits per heavy atom. The van der Waals surface area contributed by atoms with Gasteiger partial charge in [0.1, 0.15) is 18.6 Å². The van der Waals surface area contributed by atoms with Crippen LogP contribution in [0.5, 0.6) is 0 Å². The molecule has 0 saturated carbocycles. The molecule has 22 heavy (non-hydrogen) atoms. The van der Waals surface area contributed by atoms with Crippen LogP contribution in [0.25, 0.3) is 0 Å². The van der Waals surface area contributed by atoms with E-state index in [0.717, 1.165) is 0 Å². The van der Waals surface area contributed by atoms with Crippen LogP contribution in [0.1, 0.15) is 12.6 Å². The Labute approximate surface area is 126 Å². The third-order valence-corrected chi connectivity index (χ3v) is 2.85. The Bertz CT molecular complexity index is 516. The van der Waals surface area contributed by atoms with Crippen molar-refractivity contribution in [2.24, 2.45) is 5.73 Å². The molecule has 10 heteroatoms. The molecule has 3 atom stereocenters. The largest absolute Gasteiger partial charge is 0.480 e. The van der Waals surface area contributed by atoms with E-state index in [9.17, 15) is 19.5 Å². The fraction of sp³-hybridized carbons (Fsp3) is 0.500. The number of hydrogen-bond acceptors (Lipinski definition) is 6. The molecular weight excluding hydrogens is 294 g/mol. The van der Waals surface area contributed by atoms with Crippen LogP contribution in [0, 0.1) is 0 Å². The van der Waals surface area contributed by atoms with E-state index in [2.05, 4.69) is 20.6 Å². The first-order valence-corrected chi connectivity index (χ1v) is 6.52. The summed E-state index contributed by atoms with van der Waals surface area (Å²) >= 11 is 0. The van der Waals surface area contributed by atoms with Crippen molar-refractivity contribution in [1.82, 2.24) is 20.6 Å². The molecule has 122 valence electrons. The average molecular weight is 313 g/mol. The maximum absolute atomic E-state index is 12.0. The molecule has 0 radical (unpaired) electrons. The van der Waals surface area contributed by atoms with Crippen molar-refractivity contribution >= 4 is 17.8 Å². The number of hydrogen-bond donors (Lipinski definition) is 6. The summed E-state index contributed by atoms with van der Waals surface area (Å²) in [6.45, 7) is 0.773. The number of aliphatic hydroxyl groups is 1. The minimum absolute atomic E-state index is 0.0731. The monoisotopic (exact) mass is 313 g/mol. The molecule has 0 aromatic carbocycles. The Morgan fingerprint density at radius 1 is 1.41 bits per heavy atom. The second kappa shape index (κ2) is 8.10. The molecule has 1 rings (SSSR count). The van der Waals surface area contributed by atoms with Crippen LogP contribution in [0.15, 0.2) is 12.5 Å². The summed E-state index contributed by atoms with van der Waals surface area (Å²) < 4.78 is 0. The van der Waals surface area contributed by atoms with E-state index in [0.29, 0.717) is 5.69 Å². The molecule has 2 amide bonds. The molecule has 0 saturated heterocycles. The highest BCUT2D eigenvalue weighted by Gasteiger charge is 2.26. The van der Waals surface area contributed by atoms with Crippen LogP contribution >= 0.6 is 0 Å². The lowest BCUT2D eigenvalue weighted by molar-refractivity contribution is -0.138. The maximum Gasteiger partial charge on any atom is 0.322 e. The third kappa shape index (κ3) is 5.50. The van der Waals surface area contributed by atoms with Crippen molar-refractivity contribution in [3.8, 4) is 0 Å². The zero-order chi connectivity index (χ0) is 16.7. The lowest BCUT2D eigenvalue weighted by Crippen LogP contribution is -2.55. The summed E-state index contributed by atoms with van der Waals surface area (Å²) in [6, 6.07) is -2.24. The van der Waals surface area contributed by atoms with Crippen molar-refractivity contribution in [2.75, 3.05) is 6.54 Å². The maximum atomic E-state index is 12.0. The van der Waals surface area contributed by atoms with Gasteiger partial charge in [0.2, 0.25) is 11.8 Å². The van der Waals surface area contributed by atoms with Gasteiger partial charge in [-0.1, -0.05) is 0 Å². The average Bonchev–Trinajstić information content (AvgIpc) is 2.95. The number of carbonyl (C=O) groups is 3. The Morgan fingerprint density at radius 3 is 2.59 bits per heavy atom. The predicted molar refractivity (Wildman–Crippen MR) is 74.5 cm³/mol. The Balaban J connectivity index is 2.75. The number of carbonyl (C=O) groups excluding carboxylic acids is 2. The van der Waals surface area contributed by atoms with E-state index >= 15 is 0 Å². The first kappa shape index (κ1) is 17.6. The molecule has 0 aliphatic heterocycles. The quantitative estimate of drug-likeness (QED) is 0.304. The van der Waals surface area contributed by atoms with Crippen molar-refractivity contribution in [2.45, 2.75) is 31.5 Å². The van der Waals surface area contributed by atoms with Crippen LogP contribution in [0.2, 0.25) is 0 Å². The molecule has 0 aliphatic rings. The first-order chi connectivity index (χ1) is 10.3. The number of imidazole rings is 1. The van der Waals surface area contributed by atoms with Crippen LogP contribution in [-0.2, 0) is 20.8 Å². The van der Waals surface area contributed by atoms with Gasteiger partial charge in [0.15, 0.2) is 0 Å². The van der Waals surface area contributed by atoms with Crippen molar-refractivity contribution in [1.29, 1.82) is 0 Å². The number of aliphatic hydroxyl groups excluding tert-OH is 1. The van der Waals surface area contributed by atoms with E-state index in [1.54, 1.807) is 0 Å². The van der Waals surface area contributed by atoms with E-state index < -0.39 is 42.5 Å². The summed E-state index contributed by atoms with van der Waals surface area (Å²) in [5.74, 6) is -2.60. The zero-order valence-corrected chi connectivity index (χ0v) is 11.9. The zero-order valence-electron chi connectivity index (χ0n) is 11.9. The lowest BCUT2D eigenvalue weighted by atomic mass is 10.1. The van der Waals surface area contributed by atoms with Crippen LogP contribution < -0.4 is 16.4 Å². The van der Waals surface area contributed by atoms with Gasteiger partial charge < -0.3 is 31.6 Å². The number of amides is 2. The van der Waals surface area contributed by atoms with E-state index in [-0.39, 0.29) is 6.42 Å². The van der Waals surface area contributed by atoms with Gasteiger partial charge in [0.05, 0.1) is 12.4 Å². The molecular formula is C12H19N5O5. The van der Waals surface area contributed by atoms with Gasteiger partial charge in [-0.15, -0.1) is 0 Å². The van der Waals surface area contributed by atoms with Crippen molar-refractivity contribution < 1.29 is 24.6 Å². The standard InChI is InChI=1S/C12H19N5O5/c1-6(18)10(13)12(22)17-8(2-7-3-14-5-16-7)11(21)15-4-9(19)20/h3,5-6,8,10,18H,2,4,13H2,1H3,(H,14,16)(H,15,21)(H,17,22)(H,19,20). The van der Waals surface area contributed by atoms with Crippen molar-refractivity contribution in [3.05, 3.63) is 18.2 Å². The van der Waals surface area contributed by atoms with Gasteiger partial charge >= 0.3 is 5.97 Å². The molecule has 1 heterocycles. The number of aromatic nitrogens is 2. The third-order valence-electron chi connectivity index (χ3n) is 2.85. The minimum Gasteiger partial charge on any atom is -0.480 e. The van der Waals surface area contributed by atoms with Gasteiger partial charge in [-0.2, -0.15) is 0 Å². The fourth-order valence-corrected chi connectivity index (χ4v) is 1.60. The first-order valence-electron chi connectivity index (χ1n) is 6.52. The number of nitrogens with zero attached hydrogens (tertiary/aromatic N) is 1. The molecule has 0 aliphatic carbocycles. The summed E-state index contributed by atoms with van der Waals surface area (Å²) in [5.41, 5.74) is 6.07. The summed E-state index contributed by atoms with van der Waals surface area (Å²) in [6.07, 6.45) is 1.86. The number of nitrogens with one attached hydrogen (secondary N) is 3. The lowest BCUT2D eigenvalue weighted by Gasteiger charge is -2.21. The highest BCUT2D eigenvalue weighted by molar-refractivity contribution is 5.91. The molecule has 7 N–H and O–H groups in total. The smallest absolute Gasteiger partial charge is 0.322 e. The number of carboxylic acids is 1. The molecule has 1 aromatic rings. The molecule has 1 aromatic heterocycles. The summed E-state index contributed by atoms with van der Waals surface area (Å²) in [5, 5.41) is 22.4. The van der Waals surface area contributed by atoms with E-state index in [1.807, 2.05) is 0 Å². The number of nitrogens with two attached hydrogens (primary N) is 1. The van der Waals surface area contributed by atoms with Gasteiger partial charge in [0, 0.05) is 18.3 Å². The number of aromatic amines is 1. The van der Waals surface area contributed by atoms with Gasteiger partial charge in [-0.05, 0) is 6.92 Å². The highest BCUT2D eigenvalue weighted by Crippen LogP contribution is 2.00. The second-order valence-corrected chi connectivity index (χ2v) is 4.72. The van der Waals surface area contributed by atoms with Crippen LogP contribution in [-0.4, -0.2) is 62.7 Å². The molecule has 0 fully saturated rings. The van der Waals surface area contributed by atoms with Gasteiger partial charge in [-0.25, -0.2) is 4.98 Å². The number of rotatable bonds is 8. The Kier molecular flexibility index (Phi) is 6.47. The van der Waals surface area contributed by atoms with Gasteiger partial charge in [0.25, 0.3) is 0 Å². The van der Waals surface area contributed by atoms with Gasteiger partial charge in [-0.3, -0.25) is 14.4 Å². The minimum atomic E-state index is -1.21.